The Hall–Kier alpha value is -1.22. The molecule has 0 heterocycles. The molecule has 13 heavy (non-hydrogen) atoms. The first-order valence-corrected chi connectivity index (χ1v) is 4.17. The van der Waals surface area contributed by atoms with Gasteiger partial charge in [0.1, 0.15) is 11.5 Å². The maximum absolute atomic E-state index is 8.53. The fourth-order valence-electron chi connectivity index (χ4n) is 0.878. The lowest BCUT2D eigenvalue weighted by molar-refractivity contribution is 0.233. The molecular weight excluding hydrogens is 168 g/mol. The zero-order chi connectivity index (χ0) is 9.52. The van der Waals surface area contributed by atoms with Crippen LogP contribution >= 0.6 is 0 Å². The lowest BCUT2D eigenvalue weighted by atomic mass is 10.3. The molecule has 0 saturated heterocycles. The Kier molecular flexibility index (Phi) is 4.12. The first-order valence-electron chi connectivity index (χ1n) is 4.17. The maximum Gasteiger partial charge on any atom is 0.131 e. The molecule has 0 aromatic heterocycles. The summed E-state index contributed by atoms with van der Waals surface area (Å²) < 4.78 is 10.3. The van der Waals surface area contributed by atoms with E-state index in [0.29, 0.717) is 24.5 Å². The van der Waals surface area contributed by atoms with E-state index < -0.39 is 0 Å². The number of hydrogen-bond acceptors (Lipinski definition) is 3. The molecule has 0 spiro atoms. The van der Waals surface area contributed by atoms with Gasteiger partial charge in [-0.2, -0.15) is 0 Å². The number of benzene rings is 1. The quantitative estimate of drug-likeness (QED) is 0.695. The molecule has 0 aliphatic rings. The summed E-state index contributed by atoms with van der Waals surface area (Å²) in [6.07, 6.45) is 0.630. The number of aliphatic hydroxyl groups is 1. The summed E-state index contributed by atoms with van der Waals surface area (Å²) in [5.41, 5.74) is 0. The zero-order valence-corrected chi connectivity index (χ0v) is 7.62. The highest BCUT2D eigenvalue weighted by Crippen LogP contribution is 2.17. The van der Waals surface area contributed by atoms with E-state index in [-0.39, 0.29) is 6.61 Å². The molecule has 0 unspecified atom stereocenters. The Labute approximate surface area is 77.9 Å². The number of hydrogen-bond donors (Lipinski definition) is 1. The van der Waals surface area contributed by atoms with Gasteiger partial charge in [-0.15, -0.1) is 0 Å². The largest absolute Gasteiger partial charge is 0.496 e. The van der Waals surface area contributed by atoms with E-state index in [4.69, 9.17) is 14.6 Å². The van der Waals surface area contributed by atoms with Crippen LogP contribution in [0.25, 0.3) is 0 Å². The Morgan fingerprint density at radius 2 is 2.15 bits per heavy atom. The van der Waals surface area contributed by atoms with Gasteiger partial charge in [0.25, 0.3) is 0 Å². The van der Waals surface area contributed by atoms with Crippen LogP contribution in [0.1, 0.15) is 6.42 Å². The van der Waals surface area contributed by atoms with E-state index in [1.54, 1.807) is 19.2 Å². The van der Waals surface area contributed by atoms with Crippen molar-refractivity contribution in [2.24, 2.45) is 0 Å². The second kappa shape index (κ2) is 5.43. The van der Waals surface area contributed by atoms with Crippen LogP contribution in [0.2, 0.25) is 0 Å². The number of methoxy groups -OCH3 is 1. The van der Waals surface area contributed by atoms with Crippen LogP contribution in [0.15, 0.2) is 18.2 Å². The van der Waals surface area contributed by atoms with Crippen molar-refractivity contribution < 1.29 is 14.6 Å². The topological polar surface area (TPSA) is 38.7 Å². The third kappa shape index (κ3) is 3.34. The SMILES string of the molecule is COc1[c]c(OCCCO)ccc1. The summed E-state index contributed by atoms with van der Waals surface area (Å²) in [6.45, 7) is 0.643. The minimum Gasteiger partial charge on any atom is -0.496 e. The van der Waals surface area contributed by atoms with Gasteiger partial charge in [0.2, 0.25) is 0 Å². The lowest BCUT2D eigenvalue weighted by Gasteiger charge is -2.05. The summed E-state index contributed by atoms with van der Waals surface area (Å²) >= 11 is 0. The van der Waals surface area contributed by atoms with E-state index in [1.807, 2.05) is 6.07 Å². The van der Waals surface area contributed by atoms with Crippen LogP contribution in [0.3, 0.4) is 0 Å². The zero-order valence-electron chi connectivity index (χ0n) is 7.62. The molecule has 0 atom stereocenters. The molecule has 3 nitrogen and oxygen atoms in total. The van der Waals surface area contributed by atoms with Gasteiger partial charge in [0.15, 0.2) is 0 Å². The van der Waals surface area contributed by atoms with Crippen molar-refractivity contribution in [2.45, 2.75) is 6.42 Å². The second-order valence-electron chi connectivity index (χ2n) is 2.51. The van der Waals surface area contributed by atoms with E-state index in [2.05, 4.69) is 6.07 Å². The highest BCUT2D eigenvalue weighted by atomic mass is 16.5. The summed E-state index contributed by atoms with van der Waals surface area (Å²) in [5.74, 6) is 1.30. The van der Waals surface area contributed by atoms with Crippen molar-refractivity contribution in [1.29, 1.82) is 0 Å². The van der Waals surface area contributed by atoms with Gasteiger partial charge in [0, 0.05) is 13.0 Å². The highest BCUT2D eigenvalue weighted by Gasteiger charge is 1.96. The van der Waals surface area contributed by atoms with E-state index in [0.717, 1.165) is 0 Å². The number of ether oxygens (including phenoxy) is 2. The third-order valence-corrected chi connectivity index (χ3v) is 1.52. The smallest absolute Gasteiger partial charge is 0.131 e. The van der Waals surface area contributed by atoms with Crippen molar-refractivity contribution in [2.75, 3.05) is 20.3 Å². The molecule has 71 valence electrons. The molecular formula is C10H13O3. The average molecular weight is 181 g/mol. The minimum absolute atomic E-state index is 0.143. The van der Waals surface area contributed by atoms with Crippen LogP contribution in [0, 0.1) is 6.07 Å². The summed E-state index contributed by atoms with van der Waals surface area (Å²) in [4.78, 5) is 0. The van der Waals surface area contributed by atoms with Crippen LogP contribution in [0.4, 0.5) is 0 Å². The molecule has 1 rings (SSSR count). The van der Waals surface area contributed by atoms with Gasteiger partial charge in [-0.25, -0.2) is 0 Å². The third-order valence-electron chi connectivity index (χ3n) is 1.52. The molecule has 0 aliphatic carbocycles. The van der Waals surface area contributed by atoms with Crippen LogP contribution in [-0.2, 0) is 0 Å². The standard InChI is InChI=1S/C10H13O3/c1-12-9-4-2-5-10(8-9)13-7-3-6-11/h2,4-5,11H,3,6-7H2,1H3. The van der Waals surface area contributed by atoms with Crippen molar-refractivity contribution >= 4 is 0 Å². The number of aliphatic hydroxyl groups excluding tert-OH is 1. The Balaban J connectivity index is 2.46. The van der Waals surface area contributed by atoms with Crippen LogP contribution < -0.4 is 9.47 Å². The van der Waals surface area contributed by atoms with E-state index in [9.17, 15) is 0 Å². The fourth-order valence-corrected chi connectivity index (χ4v) is 0.878. The Morgan fingerprint density at radius 1 is 1.38 bits per heavy atom. The van der Waals surface area contributed by atoms with Crippen LogP contribution in [0.5, 0.6) is 11.5 Å². The summed E-state index contributed by atoms with van der Waals surface area (Å²) in [6, 6.07) is 8.37. The highest BCUT2D eigenvalue weighted by molar-refractivity contribution is 5.30. The molecule has 0 fully saturated rings. The maximum atomic E-state index is 8.53. The normalized spacial score (nSPS) is 9.69. The lowest BCUT2D eigenvalue weighted by Crippen LogP contribution is -1.99. The Bertz CT molecular complexity index is 248. The predicted octanol–water partition coefficient (Wildman–Crippen LogP) is 1.26. The van der Waals surface area contributed by atoms with Crippen LogP contribution in [-0.4, -0.2) is 25.4 Å². The van der Waals surface area contributed by atoms with Gasteiger partial charge in [-0.05, 0) is 12.1 Å². The van der Waals surface area contributed by atoms with E-state index >= 15 is 0 Å². The second-order valence-corrected chi connectivity index (χ2v) is 2.51. The van der Waals surface area contributed by atoms with Gasteiger partial charge in [-0.1, -0.05) is 6.07 Å². The van der Waals surface area contributed by atoms with Gasteiger partial charge >= 0.3 is 0 Å². The monoisotopic (exact) mass is 181 g/mol. The molecule has 1 N–H and O–H groups in total. The molecule has 1 aromatic rings. The molecule has 1 aromatic carbocycles. The molecule has 0 saturated carbocycles. The van der Waals surface area contributed by atoms with Crippen molar-refractivity contribution in [3.05, 3.63) is 24.3 Å². The minimum atomic E-state index is 0.143. The van der Waals surface area contributed by atoms with Gasteiger partial charge < -0.3 is 14.6 Å². The fraction of sp³-hybridized carbons (Fsp3) is 0.400. The molecule has 0 bridgehead atoms. The molecule has 1 radical (unpaired) electrons. The van der Waals surface area contributed by atoms with Gasteiger partial charge in [-0.3, -0.25) is 0 Å². The van der Waals surface area contributed by atoms with E-state index in [1.165, 1.54) is 0 Å². The molecule has 3 heteroatoms. The molecule has 0 amide bonds. The first-order chi connectivity index (χ1) is 6.36. The average Bonchev–Trinajstić information content (AvgIpc) is 2.19. The predicted molar refractivity (Wildman–Crippen MR) is 49.0 cm³/mol. The summed E-state index contributed by atoms with van der Waals surface area (Å²) in [5, 5.41) is 8.53. The Morgan fingerprint density at radius 3 is 2.85 bits per heavy atom. The van der Waals surface area contributed by atoms with Crippen molar-refractivity contribution in [3.63, 3.8) is 0 Å². The summed E-state index contributed by atoms with van der Waals surface area (Å²) in [7, 11) is 1.59. The molecule has 0 aliphatic heterocycles. The first kappa shape index (κ1) is 9.86. The van der Waals surface area contributed by atoms with Gasteiger partial charge in [0.05, 0.1) is 19.8 Å². The van der Waals surface area contributed by atoms with Crippen molar-refractivity contribution in [3.8, 4) is 11.5 Å². The van der Waals surface area contributed by atoms with Crippen molar-refractivity contribution in [1.82, 2.24) is 0 Å². The number of rotatable bonds is 5.